The second-order valence-corrected chi connectivity index (χ2v) is 9.26. The zero-order valence-electron chi connectivity index (χ0n) is 15.5. The van der Waals surface area contributed by atoms with Gasteiger partial charge in [-0.25, -0.2) is 8.42 Å². The quantitative estimate of drug-likeness (QED) is 0.801. The van der Waals surface area contributed by atoms with E-state index in [1.165, 1.54) is 0 Å². The molecule has 0 N–H and O–H groups in total. The number of rotatable bonds is 4. The van der Waals surface area contributed by atoms with Gasteiger partial charge in [0, 0.05) is 6.54 Å². The average Bonchev–Trinajstić information content (AvgIpc) is 3.15. The highest BCUT2D eigenvalue weighted by Crippen LogP contribution is 2.35. The van der Waals surface area contributed by atoms with Crippen LogP contribution in [0.2, 0.25) is 0 Å². The summed E-state index contributed by atoms with van der Waals surface area (Å²) in [5.41, 5.74) is 2.14. The van der Waals surface area contributed by atoms with Gasteiger partial charge in [0.05, 0.1) is 23.1 Å². The fourth-order valence-electron chi connectivity index (χ4n) is 3.99. The Morgan fingerprint density at radius 2 is 1.78 bits per heavy atom. The lowest BCUT2D eigenvalue weighted by molar-refractivity contribution is -0.0597. The third-order valence-electron chi connectivity index (χ3n) is 5.43. The van der Waals surface area contributed by atoms with E-state index in [1.54, 1.807) is 16.4 Å². The van der Waals surface area contributed by atoms with Crippen LogP contribution in [0.5, 0.6) is 0 Å². The first-order valence-corrected chi connectivity index (χ1v) is 11.0. The van der Waals surface area contributed by atoms with Crippen molar-refractivity contribution in [1.29, 1.82) is 0 Å². The molecule has 4 nitrogen and oxygen atoms in total. The SMILES string of the molecule is Cc1ccc(S(=O)(=O)N2C[C@H](/C=C/c3ccccc3)O[C@H]3CCC[C@H]32)cc1. The van der Waals surface area contributed by atoms with Gasteiger partial charge in [0.1, 0.15) is 0 Å². The number of sulfonamides is 1. The largest absolute Gasteiger partial charge is 0.368 e. The van der Waals surface area contributed by atoms with Crippen LogP contribution in [0, 0.1) is 6.92 Å². The van der Waals surface area contributed by atoms with Gasteiger partial charge in [-0.1, -0.05) is 60.2 Å². The summed E-state index contributed by atoms with van der Waals surface area (Å²) in [6, 6.07) is 17.1. The maximum Gasteiger partial charge on any atom is 0.243 e. The Kier molecular flexibility index (Phi) is 5.17. The predicted molar refractivity (Wildman–Crippen MR) is 107 cm³/mol. The molecule has 4 rings (SSSR count). The summed E-state index contributed by atoms with van der Waals surface area (Å²) < 4.78 is 34.5. The number of hydrogen-bond acceptors (Lipinski definition) is 3. The maximum absolute atomic E-state index is 13.3. The van der Waals surface area contributed by atoms with E-state index in [1.807, 2.05) is 61.5 Å². The smallest absolute Gasteiger partial charge is 0.243 e. The van der Waals surface area contributed by atoms with Gasteiger partial charge >= 0.3 is 0 Å². The number of aryl methyl sites for hydroxylation is 1. The van der Waals surface area contributed by atoms with Gasteiger partial charge in [-0.3, -0.25) is 0 Å². The number of hydrogen-bond donors (Lipinski definition) is 0. The lowest BCUT2D eigenvalue weighted by Crippen LogP contribution is -2.54. The van der Waals surface area contributed by atoms with Gasteiger partial charge in [-0.05, 0) is 43.9 Å². The monoisotopic (exact) mass is 383 g/mol. The zero-order chi connectivity index (χ0) is 18.9. The van der Waals surface area contributed by atoms with Gasteiger partial charge in [0.15, 0.2) is 0 Å². The molecule has 0 spiro atoms. The van der Waals surface area contributed by atoms with Crippen molar-refractivity contribution in [1.82, 2.24) is 4.31 Å². The van der Waals surface area contributed by atoms with Gasteiger partial charge in [-0.2, -0.15) is 4.31 Å². The summed E-state index contributed by atoms with van der Waals surface area (Å²) in [4.78, 5) is 0.367. The highest BCUT2D eigenvalue weighted by atomic mass is 32.2. The molecule has 5 heteroatoms. The first-order valence-electron chi connectivity index (χ1n) is 9.51. The molecule has 27 heavy (non-hydrogen) atoms. The van der Waals surface area contributed by atoms with E-state index < -0.39 is 10.0 Å². The third kappa shape index (κ3) is 3.86. The minimum atomic E-state index is -3.53. The van der Waals surface area contributed by atoms with Crippen molar-refractivity contribution < 1.29 is 13.2 Å². The summed E-state index contributed by atoms with van der Waals surface area (Å²) >= 11 is 0. The van der Waals surface area contributed by atoms with Crippen molar-refractivity contribution in [2.24, 2.45) is 0 Å². The fourth-order valence-corrected chi connectivity index (χ4v) is 5.68. The fraction of sp³-hybridized carbons (Fsp3) is 0.364. The highest BCUT2D eigenvalue weighted by Gasteiger charge is 2.44. The summed E-state index contributed by atoms with van der Waals surface area (Å²) in [6.07, 6.45) is 6.53. The molecule has 1 heterocycles. The standard InChI is InChI=1S/C22H25NO3S/c1-17-10-14-20(15-11-17)27(24,25)23-16-19(26-22-9-5-8-21(22)23)13-12-18-6-3-2-4-7-18/h2-4,6-7,10-15,19,21-22H,5,8-9,16H2,1H3/b13-12+/t19-,21+,22-/m0/s1. The average molecular weight is 384 g/mol. The van der Waals surface area contributed by atoms with Crippen molar-refractivity contribution >= 4 is 16.1 Å². The second kappa shape index (κ2) is 7.58. The topological polar surface area (TPSA) is 46.6 Å². The number of nitrogens with zero attached hydrogens (tertiary/aromatic N) is 1. The Morgan fingerprint density at radius 3 is 2.52 bits per heavy atom. The predicted octanol–water partition coefficient (Wildman–Crippen LogP) is 4.02. The van der Waals surface area contributed by atoms with Crippen molar-refractivity contribution in [2.75, 3.05) is 6.54 Å². The van der Waals surface area contributed by atoms with Crippen LogP contribution < -0.4 is 0 Å². The van der Waals surface area contributed by atoms with Crippen molar-refractivity contribution in [3.05, 3.63) is 71.8 Å². The summed E-state index contributed by atoms with van der Waals surface area (Å²) in [5, 5.41) is 0. The lowest BCUT2D eigenvalue weighted by Gasteiger charge is -2.40. The van der Waals surface area contributed by atoms with Crippen LogP contribution in [0.25, 0.3) is 6.08 Å². The van der Waals surface area contributed by atoms with Crippen molar-refractivity contribution in [2.45, 2.75) is 49.3 Å². The molecule has 0 radical (unpaired) electrons. The van der Waals surface area contributed by atoms with Crippen LogP contribution in [0.4, 0.5) is 0 Å². The molecule has 3 atom stereocenters. The van der Waals surface area contributed by atoms with E-state index in [2.05, 4.69) is 0 Å². The normalized spacial score (nSPS) is 26.3. The van der Waals surface area contributed by atoms with E-state index >= 15 is 0 Å². The number of morpholine rings is 1. The molecule has 0 bridgehead atoms. The van der Waals surface area contributed by atoms with Gasteiger partial charge in [-0.15, -0.1) is 0 Å². The lowest BCUT2D eigenvalue weighted by atomic mass is 10.1. The van der Waals surface area contributed by atoms with Crippen molar-refractivity contribution in [3.63, 3.8) is 0 Å². The second-order valence-electron chi connectivity index (χ2n) is 7.37. The van der Waals surface area contributed by atoms with Crippen LogP contribution in [0.1, 0.15) is 30.4 Å². The first kappa shape index (κ1) is 18.4. The van der Waals surface area contributed by atoms with Gasteiger partial charge in [0.25, 0.3) is 0 Å². The molecule has 1 aliphatic heterocycles. The molecular formula is C22H25NO3S. The zero-order valence-corrected chi connectivity index (χ0v) is 16.3. The van der Waals surface area contributed by atoms with E-state index in [0.717, 1.165) is 30.4 Å². The van der Waals surface area contributed by atoms with Gasteiger partial charge in [0.2, 0.25) is 10.0 Å². The van der Waals surface area contributed by atoms with Crippen LogP contribution in [0.15, 0.2) is 65.6 Å². The molecule has 142 valence electrons. The molecule has 0 unspecified atom stereocenters. The van der Waals surface area contributed by atoms with E-state index in [-0.39, 0.29) is 18.2 Å². The molecule has 2 aromatic carbocycles. The first-order chi connectivity index (χ1) is 13.0. The Morgan fingerprint density at radius 1 is 1.04 bits per heavy atom. The van der Waals surface area contributed by atoms with E-state index in [4.69, 9.17) is 4.74 Å². The molecule has 0 amide bonds. The summed E-state index contributed by atoms with van der Waals surface area (Å²) in [7, 11) is -3.53. The molecule has 2 fully saturated rings. The third-order valence-corrected chi connectivity index (χ3v) is 7.33. The van der Waals surface area contributed by atoms with Crippen LogP contribution in [-0.4, -0.2) is 37.5 Å². The van der Waals surface area contributed by atoms with Crippen LogP contribution in [-0.2, 0) is 14.8 Å². The van der Waals surface area contributed by atoms with Crippen LogP contribution >= 0.6 is 0 Å². The molecule has 0 aromatic heterocycles. The van der Waals surface area contributed by atoms with Crippen molar-refractivity contribution in [3.8, 4) is 0 Å². The molecule has 1 saturated heterocycles. The molecule has 2 aromatic rings. The minimum Gasteiger partial charge on any atom is -0.368 e. The minimum absolute atomic E-state index is 0.0237. The Balaban J connectivity index is 1.60. The molecule has 1 aliphatic carbocycles. The molecule has 1 saturated carbocycles. The van der Waals surface area contributed by atoms with Gasteiger partial charge < -0.3 is 4.74 Å². The Hall–Kier alpha value is -1.95. The Bertz CT molecular complexity index is 906. The number of fused-ring (bicyclic) bond motifs is 1. The summed E-state index contributed by atoms with van der Waals surface area (Å²) in [5.74, 6) is 0. The maximum atomic E-state index is 13.3. The summed E-state index contributed by atoms with van der Waals surface area (Å²) in [6.45, 7) is 2.32. The number of ether oxygens (including phenoxy) is 1. The van der Waals surface area contributed by atoms with E-state index in [9.17, 15) is 8.42 Å². The molecule has 2 aliphatic rings. The molecular weight excluding hydrogens is 358 g/mol. The number of benzene rings is 2. The Labute approximate surface area is 161 Å². The van der Waals surface area contributed by atoms with E-state index in [0.29, 0.717) is 11.4 Å². The highest BCUT2D eigenvalue weighted by molar-refractivity contribution is 7.89. The van der Waals surface area contributed by atoms with Crippen LogP contribution in [0.3, 0.4) is 0 Å².